The van der Waals surface area contributed by atoms with Gasteiger partial charge >= 0.3 is 0 Å². The summed E-state index contributed by atoms with van der Waals surface area (Å²) >= 11 is 0. The molecule has 1 heterocycles. The monoisotopic (exact) mass is 227 g/mol. The maximum Gasteiger partial charge on any atom is 0.226 e. The molecule has 2 amide bonds. The molecule has 5 heteroatoms. The summed E-state index contributed by atoms with van der Waals surface area (Å²) in [4.78, 5) is 22.6. The molecule has 0 aromatic rings. The van der Waals surface area contributed by atoms with Crippen molar-refractivity contribution in [2.45, 2.75) is 32.6 Å². The highest BCUT2D eigenvalue weighted by Gasteiger charge is 2.37. The number of hydrogen-bond donors (Lipinski definition) is 3. The maximum absolute atomic E-state index is 12.0. The smallest absolute Gasteiger partial charge is 0.226 e. The van der Waals surface area contributed by atoms with Crippen LogP contribution in [-0.4, -0.2) is 31.4 Å². The third kappa shape index (κ3) is 3.20. The highest BCUT2D eigenvalue weighted by atomic mass is 16.2. The summed E-state index contributed by atoms with van der Waals surface area (Å²) in [5.41, 5.74) is 4.78. The van der Waals surface area contributed by atoms with Crippen LogP contribution in [0.4, 0.5) is 0 Å². The van der Waals surface area contributed by atoms with Gasteiger partial charge in [-0.2, -0.15) is 0 Å². The summed E-state index contributed by atoms with van der Waals surface area (Å²) in [6.07, 6.45) is 2.79. The largest absolute Gasteiger partial charge is 0.370 e. The molecule has 16 heavy (non-hydrogen) atoms. The SMILES string of the molecule is CCC1(C(=O)NCCC(N)=O)CCNCC1. The average molecular weight is 227 g/mol. The molecule has 1 saturated heterocycles. The summed E-state index contributed by atoms with van der Waals surface area (Å²) in [5, 5.41) is 6.06. The van der Waals surface area contributed by atoms with Crippen molar-refractivity contribution in [2.75, 3.05) is 19.6 Å². The lowest BCUT2D eigenvalue weighted by atomic mass is 9.76. The lowest BCUT2D eigenvalue weighted by Gasteiger charge is -2.35. The first-order valence-electron chi connectivity index (χ1n) is 5.88. The fourth-order valence-electron chi connectivity index (χ4n) is 2.13. The first-order valence-corrected chi connectivity index (χ1v) is 5.88. The highest BCUT2D eigenvalue weighted by molar-refractivity contribution is 5.83. The number of amides is 2. The number of nitrogens with one attached hydrogen (secondary N) is 2. The van der Waals surface area contributed by atoms with Crippen LogP contribution in [-0.2, 0) is 9.59 Å². The molecule has 0 saturated carbocycles. The zero-order valence-corrected chi connectivity index (χ0v) is 9.84. The van der Waals surface area contributed by atoms with Gasteiger partial charge in [0.2, 0.25) is 11.8 Å². The van der Waals surface area contributed by atoms with Gasteiger partial charge in [-0.3, -0.25) is 9.59 Å². The Morgan fingerprint density at radius 2 is 2.00 bits per heavy atom. The van der Waals surface area contributed by atoms with E-state index in [-0.39, 0.29) is 23.7 Å². The summed E-state index contributed by atoms with van der Waals surface area (Å²) < 4.78 is 0. The van der Waals surface area contributed by atoms with E-state index in [0.29, 0.717) is 6.54 Å². The van der Waals surface area contributed by atoms with Gasteiger partial charge in [0.1, 0.15) is 0 Å². The third-order valence-electron chi connectivity index (χ3n) is 3.38. The van der Waals surface area contributed by atoms with E-state index in [9.17, 15) is 9.59 Å². The van der Waals surface area contributed by atoms with Crippen molar-refractivity contribution in [3.8, 4) is 0 Å². The van der Waals surface area contributed by atoms with Crippen LogP contribution >= 0.6 is 0 Å². The molecule has 0 bridgehead atoms. The minimum absolute atomic E-state index is 0.0674. The summed E-state index contributed by atoms with van der Waals surface area (Å²) in [6.45, 7) is 4.16. The molecule has 1 aliphatic heterocycles. The molecule has 92 valence electrons. The Hall–Kier alpha value is -1.10. The van der Waals surface area contributed by atoms with E-state index >= 15 is 0 Å². The Morgan fingerprint density at radius 1 is 1.38 bits per heavy atom. The Bertz CT molecular complexity index is 260. The van der Waals surface area contributed by atoms with E-state index in [2.05, 4.69) is 10.6 Å². The minimum atomic E-state index is -0.379. The second-order valence-corrected chi connectivity index (χ2v) is 4.36. The number of nitrogens with two attached hydrogens (primary N) is 1. The van der Waals surface area contributed by atoms with Gasteiger partial charge in [0.25, 0.3) is 0 Å². The molecule has 0 unspecified atom stereocenters. The van der Waals surface area contributed by atoms with Crippen LogP contribution in [0.2, 0.25) is 0 Å². The summed E-state index contributed by atoms with van der Waals surface area (Å²) in [6, 6.07) is 0. The van der Waals surface area contributed by atoms with Crippen molar-refractivity contribution in [1.82, 2.24) is 10.6 Å². The van der Waals surface area contributed by atoms with Crippen molar-refractivity contribution >= 4 is 11.8 Å². The predicted octanol–water partition coefficient (Wildman–Crippen LogP) is -0.242. The number of carbonyl (C=O) groups excluding carboxylic acids is 2. The van der Waals surface area contributed by atoms with Crippen molar-refractivity contribution in [1.29, 1.82) is 0 Å². The van der Waals surface area contributed by atoms with Gasteiger partial charge in [0, 0.05) is 13.0 Å². The van der Waals surface area contributed by atoms with Crippen molar-refractivity contribution in [2.24, 2.45) is 11.1 Å². The molecule has 0 spiro atoms. The molecule has 5 nitrogen and oxygen atoms in total. The zero-order chi connectivity index (χ0) is 12.0. The van der Waals surface area contributed by atoms with Crippen molar-refractivity contribution in [3.63, 3.8) is 0 Å². The normalized spacial score (nSPS) is 19.1. The highest BCUT2D eigenvalue weighted by Crippen LogP contribution is 2.32. The summed E-state index contributed by atoms with van der Waals surface area (Å²) in [5.74, 6) is -0.311. The van der Waals surface area contributed by atoms with Crippen LogP contribution in [0.15, 0.2) is 0 Å². The van der Waals surface area contributed by atoms with Gasteiger partial charge in [0.05, 0.1) is 5.41 Å². The first kappa shape index (κ1) is 13.0. The van der Waals surface area contributed by atoms with E-state index in [4.69, 9.17) is 5.73 Å². The number of carbonyl (C=O) groups is 2. The molecule has 0 aromatic heterocycles. The standard InChI is InChI=1S/C11H21N3O2/c1-2-11(4-7-13-8-5-11)10(16)14-6-3-9(12)15/h13H,2-8H2,1H3,(H2,12,15)(H,14,16). The van der Waals surface area contributed by atoms with Crippen molar-refractivity contribution < 1.29 is 9.59 Å². The second kappa shape index (κ2) is 5.84. The number of primary amides is 1. The average Bonchev–Trinajstić information content (AvgIpc) is 2.29. The van der Waals surface area contributed by atoms with E-state index < -0.39 is 0 Å². The number of rotatable bonds is 5. The Balaban J connectivity index is 2.45. The number of piperidine rings is 1. The fraction of sp³-hybridized carbons (Fsp3) is 0.818. The molecule has 1 fully saturated rings. The third-order valence-corrected chi connectivity index (χ3v) is 3.38. The Kier molecular flexibility index (Phi) is 4.73. The number of hydrogen-bond acceptors (Lipinski definition) is 3. The van der Waals surface area contributed by atoms with Gasteiger partial charge in [-0.05, 0) is 32.4 Å². The van der Waals surface area contributed by atoms with E-state index in [0.717, 1.165) is 32.4 Å². The van der Waals surface area contributed by atoms with Crippen LogP contribution in [0.25, 0.3) is 0 Å². The quantitative estimate of drug-likeness (QED) is 0.606. The van der Waals surface area contributed by atoms with Gasteiger partial charge < -0.3 is 16.4 Å². The zero-order valence-electron chi connectivity index (χ0n) is 9.84. The van der Waals surface area contributed by atoms with Gasteiger partial charge in [-0.1, -0.05) is 6.92 Å². The Labute approximate surface area is 96.1 Å². The van der Waals surface area contributed by atoms with Crippen LogP contribution in [0.1, 0.15) is 32.6 Å². The van der Waals surface area contributed by atoms with Crippen LogP contribution in [0.5, 0.6) is 0 Å². The first-order chi connectivity index (χ1) is 7.60. The fourth-order valence-corrected chi connectivity index (χ4v) is 2.13. The van der Waals surface area contributed by atoms with E-state index in [1.54, 1.807) is 0 Å². The molecule has 1 rings (SSSR count). The predicted molar refractivity (Wildman–Crippen MR) is 61.6 cm³/mol. The van der Waals surface area contributed by atoms with E-state index in [1.807, 2.05) is 6.92 Å². The molecule has 0 radical (unpaired) electrons. The Morgan fingerprint density at radius 3 is 2.50 bits per heavy atom. The summed E-state index contributed by atoms with van der Waals surface area (Å²) in [7, 11) is 0. The van der Waals surface area contributed by atoms with Crippen LogP contribution in [0.3, 0.4) is 0 Å². The van der Waals surface area contributed by atoms with E-state index in [1.165, 1.54) is 0 Å². The lowest BCUT2D eigenvalue weighted by Crippen LogP contribution is -2.47. The second-order valence-electron chi connectivity index (χ2n) is 4.36. The van der Waals surface area contributed by atoms with Crippen molar-refractivity contribution in [3.05, 3.63) is 0 Å². The van der Waals surface area contributed by atoms with Gasteiger partial charge in [-0.25, -0.2) is 0 Å². The van der Waals surface area contributed by atoms with Crippen LogP contribution in [0, 0.1) is 5.41 Å². The maximum atomic E-state index is 12.0. The molecule has 0 aromatic carbocycles. The molecular weight excluding hydrogens is 206 g/mol. The molecule has 1 aliphatic rings. The molecule has 4 N–H and O–H groups in total. The van der Waals surface area contributed by atoms with Crippen LogP contribution < -0.4 is 16.4 Å². The lowest BCUT2D eigenvalue weighted by molar-refractivity contribution is -0.132. The van der Waals surface area contributed by atoms with Gasteiger partial charge in [-0.15, -0.1) is 0 Å². The minimum Gasteiger partial charge on any atom is -0.370 e. The molecular formula is C11H21N3O2. The molecule has 0 aliphatic carbocycles. The topological polar surface area (TPSA) is 84.2 Å². The molecule has 0 atom stereocenters. The van der Waals surface area contributed by atoms with Gasteiger partial charge in [0.15, 0.2) is 0 Å².